The highest BCUT2D eigenvalue weighted by atomic mass is 32.2. The lowest BCUT2D eigenvalue weighted by atomic mass is 10.1. The van der Waals surface area contributed by atoms with Crippen molar-refractivity contribution in [3.05, 3.63) is 35.6 Å². The van der Waals surface area contributed by atoms with E-state index in [1.165, 1.54) is 12.3 Å². The molecule has 0 spiro atoms. The maximum atomic E-state index is 12.2. The van der Waals surface area contributed by atoms with Crippen molar-refractivity contribution in [2.24, 2.45) is 0 Å². The predicted octanol–water partition coefficient (Wildman–Crippen LogP) is 1.67. The van der Waals surface area contributed by atoms with Gasteiger partial charge < -0.3 is 10.3 Å². The molecule has 0 aliphatic rings. The predicted molar refractivity (Wildman–Crippen MR) is 67.6 cm³/mol. The lowest BCUT2D eigenvalue weighted by Crippen LogP contribution is -2.16. The first kappa shape index (κ1) is 12.4. The third kappa shape index (κ3) is 2.17. The van der Waals surface area contributed by atoms with Crippen LogP contribution in [0.4, 0.5) is 11.5 Å². The molecule has 0 fully saturated rings. The molecular weight excluding hydrogens is 254 g/mol. The molecule has 0 aliphatic heterocycles. The number of nitrogen functional groups attached to an aromatic ring is 1. The Labute approximate surface area is 105 Å². The molecule has 2 aromatic rings. The summed E-state index contributed by atoms with van der Waals surface area (Å²) in [6, 6.07) is 4.77. The second-order valence-corrected chi connectivity index (χ2v) is 5.54. The van der Waals surface area contributed by atoms with Gasteiger partial charge in [-0.25, -0.2) is 8.42 Å². The Balaban J connectivity index is 2.51. The Hall–Kier alpha value is -2.02. The minimum atomic E-state index is -3.72. The molecule has 0 radical (unpaired) electrons. The van der Waals surface area contributed by atoms with Gasteiger partial charge >= 0.3 is 0 Å². The van der Waals surface area contributed by atoms with E-state index in [1.807, 2.05) is 0 Å². The minimum absolute atomic E-state index is 0.135. The highest BCUT2D eigenvalue weighted by Gasteiger charge is 2.21. The van der Waals surface area contributed by atoms with Crippen LogP contribution in [0.15, 0.2) is 33.9 Å². The minimum Gasteiger partial charge on any atom is -0.398 e. The summed E-state index contributed by atoms with van der Waals surface area (Å²) in [4.78, 5) is 0.172. The summed E-state index contributed by atoms with van der Waals surface area (Å²) >= 11 is 0. The highest BCUT2D eigenvalue weighted by Crippen LogP contribution is 2.26. The molecular formula is C11H13N3O3S. The summed E-state index contributed by atoms with van der Waals surface area (Å²) < 4.78 is 31.4. The molecule has 6 nitrogen and oxygen atoms in total. The number of nitrogens with one attached hydrogen (secondary N) is 1. The van der Waals surface area contributed by atoms with Crippen molar-refractivity contribution in [2.75, 3.05) is 10.5 Å². The smallest absolute Gasteiger partial charge is 0.263 e. The van der Waals surface area contributed by atoms with Crippen LogP contribution in [-0.4, -0.2) is 13.6 Å². The van der Waals surface area contributed by atoms with Gasteiger partial charge in [-0.05, 0) is 31.0 Å². The zero-order valence-electron chi connectivity index (χ0n) is 9.97. The molecule has 0 bridgehead atoms. The first-order valence-corrected chi connectivity index (χ1v) is 6.69. The fraction of sp³-hybridized carbons (Fsp3) is 0.182. The van der Waals surface area contributed by atoms with E-state index in [0.717, 1.165) is 0 Å². The lowest BCUT2D eigenvalue weighted by Gasteiger charge is -2.12. The van der Waals surface area contributed by atoms with E-state index in [4.69, 9.17) is 5.73 Å². The van der Waals surface area contributed by atoms with Crippen LogP contribution in [0.25, 0.3) is 0 Å². The lowest BCUT2D eigenvalue weighted by molar-refractivity contribution is 0.423. The van der Waals surface area contributed by atoms with E-state index in [9.17, 15) is 8.42 Å². The summed E-state index contributed by atoms with van der Waals surface area (Å²) in [6.45, 7) is 3.38. The fourth-order valence-electron chi connectivity index (χ4n) is 1.71. The van der Waals surface area contributed by atoms with Gasteiger partial charge in [-0.3, -0.25) is 4.72 Å². The molecule has 96 valence electrons. The number of sulfonamides is 1. The second-order valence-electron chi connectivity index (χ2n) is 3.92. The van der Waals surface area contributed by atoms with Gasteiger partial charge in [-0.2, -0.15) is 0 Å². The van der Waals surface area contributed by atoms with Crippen LogP contribution in [0.2, 0.25) is 0 Å². The normalized spacial score (nSPS) is 11.4. The zero-order chi connectivity index (χ0) is 13.3. The first-order chi connectivity index (χ1) is 8.42. The SMILES string of the molecule is Cc1ccc(N)c(C)c1S(=O)(=O)Nc1ccon1. The van der Waals surface area contributed by atoms with Gasteiger partial charge in [0.2, 0.25) is 0 Å². The van der Waals surface area contributed by atoms with Crippen molar-refractivity contribution in [1.82, 2.24) is 5.16 Å². The van der Waals surface area contributed by atoms with Crippen molar-refractivity contribution in [3.63, 3.8) is 0 Å². The number of benzene rings is 1. The van der Waals surface area contributed by atoms with Crippen molar-refractivity contribution < 1.29 is 12.9 Å². The molecule has 0 aliphatic carbocycles. The molecule has 1 aromatic heterocycles. The number of aryl methyl sites for hydroxylation is 1. The molecule has 0 amide bonds. The fourth-order valence-corrected chi connectivity index (χ4v) is 3.21. The molecule has 1 heterocycles. The average Bonchev–Trinajstić information content (AvgIpc) is 2.75. The monoisotopic (exact) mass is 267 g/mol. The molecule has 18 heavy (non-hydrogen) atoms. The van der Waals surface area contributed by atoms with Crippen molar-refractivity contribution >= 4 is 21.5 Å². The number of rotatable bonds is 3. The van der Waals surface area contributed by atoms with E-state index < -0.39 is 10.0 Å². The standard InChI is InChI=1S/C11H13N3O3S/c1-7-3-4-9(12)8(2)11(7)18(15,16)14-10-5-6-17-13-10/h3-6H,12H2,1-2H3,(H,13,14). The molecule has 1 aromatic carbocycles. The third-order valence-electron chi connectivity index (χ3n) is 2.59. The molecule has 7 heteroatoms. The summed E-state index contributed by atoms with van der Waals surface area (Å²) in [6.07, 6.45) is 1.29. The van der Waals surface area contributed by atoms with Crippen LogP contribution >= 0.6 is 0 Å². The van der Waals surface area contributed by atoms with Crippen molar-refractivity contribution in [2.45, 2.75) is 18.7 Å². The quantitative estimate of drug-likeness (QED) is 0.824. The van der Waals surface area contributed by atoms with Crippen LogP contribution in [0.1, 0.15) is 11.1 Å². The van der Waals surface area contributed by atoms with E-state index in [2.05, 4.69) is 14.4 Å². The Morgan fingerprint density at radius 3 is 2.61 bits per heavy atom. The van der Waals surface area contributed by atoms with E-state index in [-0.39, 0.29) is 10.7 Å². The van der Waals surface area contributed by atoms with E-state index in [0.29, 0.717) is 16.8 Å². The van der Waals surface area contributed by atoms with Gasteiger partial charge in [-0.1, -0.05) is 11.2 Å². The maximum Gasteiger partial charge on any atom is 0.263 e. The summed E-state index contributed by atoms with van der Waals surface area (Å²) in [5, 5.41) is 3.51. The summed E-state index contributed by atoms with van der Waals surface area (Å²) in [5.41, 5.74) is 7.31. The zero-order valence-corrected chi connectivity index (χ0v) is 10.8. The first-order valence-electron chi connectivity index (χ1n) is 5.20. The van der Waals surface area contributed by atoms with E-state index >= 15 is 0 Å². The number of aromatic nitrogens is 1. The molecule has 2 rings (SSSR count). The van der Waals surface area contributed by atoms with Crippen LogP contribution in [0.5, 0.6) is 0 Å². The van der Waals surface area contributed by atoms with Crippen LogP contribution < -0.4 is 10.5 Å². The van der Waals surface area contributed by atoms with Gasteiger partial charge in [0.15, 0.2) is 5.82 Å². The average molecular weight is 267 g/mol. The number of hydrogen-bond donors (Lipinski definition) is 2. The van der Waals surface area contributed by atoms with Crippen molar-refractivity contribution in [3.8, 4) is 0 Å². The van der Waals surface area contributed by atoms with E-state index in [1.54, 1.807) is 26.0 Å². The Bertz CT molecular complexity index is 663. The topological polar surface area (TPSA) is 98.2 Å². The maximum absolute atomic E-state index is 12.2. The molecule has 0 saturated heterocycles. The number of anilines is 2. The number of nitrogens with zero attached hydrogens (tertiary/aromatic N) is 1. The molecule has 0 unspecified atom stereocenters. The summed E-state index contributed by atoms with van der Waals surface area (Å²) in [5.74, 6) is 0.135. The largest absolute Gasteiger partial charge is 0.398 e. The van der Waals surface area contributed by atoms with Gasteiger partial charge in [-0.15, -0.1) is 0 Å². The van der Waals surface area contributed by atoms with Gasteiger partial charge in [0.1, 0.15) is 6.26 Å². The highest BCUT2D eigenvalue weighted by molar-refractivity contribution is 7.92. The number of nitrogens with two attached hydrogens (primary N) is 1. The molecule has 0 saturated carbocycles. The van der Waals surface area contributed by atoms with Crippen molar-refractivity contribution in [1.29, 1.82) is 0 Å². The van der Waals surface area contributed by atoms with Gasteiger partial charge in [0, 0.05) is 11.8 Å². The van der Waals surface area contributed by atoms with Crippen LogP contribution in [-0.2, 0) is 10.0 Å². The van der Waals surface area contributed by atoms with Crippen LogP contribution in [0.3, 0.4) is 0 Å². The molecule has 3 N–H and O–H groups in total. The van der Waals surface area contributed by atoms with Gasteiger partial charge in [0.05, 0.1) is 4.90 Å². The summed E-state index contributed by atoms with van der Waals surface area (Å²) in [7, 11) is -3.72. The number of hydrogen-bond acceptors (Lipinski definition) is 5. The van der Waals surface area contributed by atoms with Crippen LogP contribution in [0, 0.1) is 13.8 Å². The Morgan fingerprint density at radius 1 is 1.28 bits per heavy atom. The second kappa shape index (κ2) is 4.34. The Morgan fingerprint density at radius 2 is 2.00 bits per heavy atom. The van der Waals surface area contributed by atoms with Gasteiger partial charge in [0.25, 0.3) is 10.0 Å². The Kier molecular flexibility index (Phi) is 3.00. The molecule has 0 atom stereocenters. The third-order valence-corrected chi connectivity index (χ3v) is 4.23.